The van der Waals surface area contributed by atoms with Gasteiger partial charge in [-0.05, 0) is 12.1 Å². The summed E-state index contributed by atoms with van der Waals surface area (Å²) >= 11 is 0. The summed E-state index contributed by atoms with van der Waals surface area (Å²) < 4.78 is 18.0. The molecule has 0 saturated heterocycles. The third-order valence-corrected chi connectivity index (χ3v) is 2.67. The molecule has 0 radical (unpaired) electrons. The molecular weight excluding hydrogens is 211 g/mol. The Labute approximate surface area is 92.8 Å². The molecule has 1 aromatic carbocycles. The fourth-order valence-corrected chi connectivity index (χ4v) is 1.85. The van der Waals surface area contributed by atoms with E-state index in [1.54, 1.807) is 13.2 Å². The van der Waals surface area contributed by atoms with Crippen LogP contribution in [0, 0.1) is 5.82 Å². The molecule has 2 rings (SSSR count). The average molecular weight is 224 g/mol. The molecule has 1 heterocycles. The van der Waals surface area contributed by atoms with Gasteiger partial charge in [0.05, 0.1) is 12.3 Å². The van der Waals surface area contributed by atoms with E-state index in [2.05, 4.69) is 0 Å². The van der Waals surface area contributed by atoms with Gasteiger partial charge in [-0.3, -0.25) is 4.79 Å². The van der Waals surface area contributed by atoms with Crippen LogP contribution in [0.5, 0.6) is 0 Å². The average Bonchev–Trinajstić information content (AvgIpc) is 2.50. The van der Waals surface area contributed by atoms with Gasteiger partial charge in [0.25, 0.3) is 0 Å². The van der Waals surface area contributed by atoms with Gasteiger partial charge in [0, 0.05) is 19.2 Å². The van der Waals surface area contributed by atoms with Crippen molar-refractivity contribution >= 4 is 11.6 Å². The minimum atomic E-state index is -0.688. The number of fused-ring (bicyclic) bond motifs is 1. The van der Waals surface area contributed by atoms with Crippen molar-refractivity contribution in [1.82, 2.24) is 0 Å². The minimum absolute atomic E-state index is 0.211. The molecule has 5 heteroatoms. The Morgan fingerprint density at radius 2 is 2.31 bits per heavy atom. The van der Waals surface area contributed by atoms with Crippen molar-refractivity contribution in [2.24, 2.45) is 5.73 Å². The van der Waals surface area contributed by atoms with E-state index in [1.165, 1.54) is 17.0 Å². The largest absolute Gasteiger partial charge is 0.383 e. The number of ether oxygens (including phenoxy) is 1. The number of amides is 1. The summed E-state index contributed by atoms with van der Waals surface area (Å²) in [5.74, 6) is -0.583. The van der Waals surface area contributed by atoms with Crippen molar-refractivity contribution in [3.05, 3.63) is 29.6 Å². The molecule has 1 aliphatic rings. The molecule has 0 aromatic heterocycles. The molecule has 2 N–H and O–H groups in total. The molecule has 16 heavy (non-hydrogen) atoms. The third-order valence-electron chi connectivity index (χ3n) is 2.67. The van der Waals surface area contributed by atoms with Gasteiger partial charge in [-0.25, -0.2) is 4.39 Å². The van der Waals surface area contributed by atoms with E-state index in [0.717, 1.165) is 0 Å². The van der Waals surface area contributed by atoms with E-state index in [4.69, 9.17) is 10.5 Å². The zero-order valence-electron chi connectivity index (χ0n) is 8.94. The van der Waals surface area contributed by atoms with E-state index in [-0.39, 0.29) is 11.7 Å². The number of carbonyl (C=O) groups excluding carboxylic acids is 1. The predicted octanol–water partition coefficient (Wildman–Crippen LogP) is 0.819. The number of anilines is 1. The lowest BCUT2D eigenvalue weighted by Gasteiger charge is -2.16. The normalized spacial score (nSPS) is 19.1. The van der Waals surface area contributed by atoms with Crippen molar-refractivity contribution in [1.29, 1.82) is 0 Å². The summed E-state index contributed by atoms with van der Waals surface area (Å²) in [6.07, 6.45) is 0. The molecule has 0 aliphatic carbocycles. The number of benzene rings is 1. The Morgan fingerprint density at radius 1 is 1.56 bits per heavy atom. The highest BCUT2D eigenvalue weighted by Crippen LogP contribution is 2.34. The van der Waals surface area contributed by atoms with Crippen LogP contribution < -0.4 is 10.6 Å². The molecule has 0 spiro atoms. The minimum Gasteiger partial charge on any atom is -0.383 e. The number of nitrogens with zero attached hydrogens (tertiary/aromatic N) is 1. The fourth-order valence-electron chi connectivity index (χ4n) is 1.85. The van der Waals surface area contributed by atoms with E-state index < -0.39 is 6.04 Å². The second-order valence-electron chi connectivity index (χ2n) is 3.66. The van der Waals surface area contributed by atoms with Crippen molar-refractivity contribution in [3.8, 4) is 0 Å². The summed E-state index contributed by atoms with van der Waals surface area (Å²) in [4.78, 5) is 13.3. The summed E-state index contributed by atoms with van der Waals surface area (Å²) in [6.45, 7) is 0.786. The number of hydrogen-bond donors (Lipinski definition) is 1. The van der Waals surface area contributed by atoms with Gasteiger partial charge in [0.2, 0.25) is 5.91 Å². The van der Waals surface area contributed by atoms with Gasteiger partial charge < -0.3 is 15.4 Å². The first-order chi connectivity index (χ1) is 7.65. The zero-order valence-corrected chi connectivity index (χ0v) is 8.94. The SMILES string of the molecule is COCCN1C(=O)C(N)c2ccc(F)cc21. The topological polar surface area (TPSA) is 55.6 Å². The monoisotopic (exact) mass is 224 g/mol. The maximum atomic E-state index is 13.1. The quantitative estimate of drug-likeness (QED) is 0.827. The molecule has 0 saturated carbocycles. The summed E-state index contributed by atoms with van der Waals surface area (Å²) in [5, 5.41) is 0. The van der Waals surface area contributed by atoms with Gasteiger partial charge in [-0.15, -0.1) is 0 Å². The Balaban J connectivity index is 2.35. The van der Waals surface area contributed by atoms with Crippen LogP contribution >= 0.6 is 0 Å². The predicted molar refractivity (Wildman–Crippen MR) is 57.6 cm³/mol. The number of rotatable bonds is 3. The van der Waals surface area contributed by atoms with E-state index >= 15 is 0 Å². The Hall–Kier alpha value is -1.46. The number of hydrogen-bond acceptors (Lipinski definition) is 3. The van der Waals surface area contributed by atoms with Crippen LogP contribution in [0.2, 0.25) is 0 Å². The Morgan fingerprint density at radius 3 is 3.00 bits per heavy atom. The van der Waals surface area contributed by atoms with Gasteiger partial charge in [-0.2, -0.15) is 0 Å². The first kappa shape index (κ1) is 11.0. The molecule has 0 fully saturated rings. The molecule has 1 aliphatic heterocycles. The smallest absolute Gasteiger partial charge is 0.248 e. The van der Waals surface area contributed by atoms with Crippen molar-refractivity contribution in [3.63, 3.8) is 0 Å². The second-order valence-corrected chi connectivity index (χ2v) is 3.66. The van der Waals surface area contributed by atoms with Crippen molar-refractivity contribution < 1.29 is 13.9 Å². The van der Waals surface area contributed by atoms with E-state index in [1.807, 2.05) is 0 Å². The lowest BCUT2D eigenvalue weighted by Crippen LogP contribution is -2.34. The molecule has 1 aromatic rings. The number of halogens is 1. The maximum Gasteiger partial charge on any atom is 0.248 e. The van der Waals surface area contributed by atoms with Crippen molar-refractivity contribution in [2.75, 3.05) is 25.2 Å². The second kappa shape index (κ2) is 4.19. The lowest BCUT2D eigenvalue weighted by molar-refractivity contribution is -0.119. The van der Waals surface area contributed by atoms with Crippen LogP contribution in [0.1, 0.15) is 11.6 Å². The Bertz CT molecular complexity index is 422. The van der Waals surface area contributed by atoms with E-state index in [0.29, 0.717) is 24.4 Å². The highest BCUT2D eigenvalue weighted by Gasteiger charge is 2.34. The van der Waals surface area contributed by atoms with Gasteiger partial charge in [0.1, 0.15) is 11.9 Å². The molecule has 1 atom stereocenters. The molecule has 86 valence electrons. The third kappa shape index (κ3) is 1.68. The molecule has 4 nitrogen and oxygen atoms in total. The van der Waals surface area contributed by atoms with E-state index in [9.17, 15) is 9.18 Å². The van der Waals surface area contributed by atoms with Gasteiger partial charge in [0.15, 0.2) is 0 Å². The zero-order chi connectivity index (χ0) is 11.7. The molecule has 0 bridgehead atoms. The highest BCUT2D eigenvalue weighted by atomic mass is 19.1. The van der Waals surface area contributed by atoms with Crippen LogP contribution in [-0.4, -0.2) is 26.2 Å². The van der Waals surface area contributed by atoms with Crippen LogP contribution in [0.15, 0.2) is 18.2 Å². The number of carbonyl (C=O) groups is 1. The summed E-state index contributed by atoms with van der Waals surface area (Å²) in [7, 11) is 1.55. The molecule has 1 unspecified atom stereocenters. The summed E-state index contributed by atoms with van der Waals surface area (Å²) in [6, 6.07) is 3.51. The highest BCUT2D eigenvalue weighted by molar-refractivity contribution is 6.04. The first-order valence-corrected chi connectivity index (χ1v) is 5.00. The van der Waals surface area contributed by atoms with Crippen LogP contribution in [-0.2, 0) is 9.53 Å². The van der Waals surface area contributed by atoms with Crippen LogP contribution in [0.25, 0.3) is 0 Å². The molecule has 1 amide bonds. The molecular formula is C11H13FN2O2. The van der Waals surface area contributed by atoms with Crippen molar-refractivity contribution in [2.45, 2.75) is 6.04 Å². The first-order valence-electron chi connectivity index (χ1n) is 5.00. The maximum absolute atomic E-state index is 13.1. The lowest BCUT2D eigenvalue weighted by atomic mass is 10.1. The van der Waals surface area contributed by atoms with Gasteiger partial charge in [-0.1, -0.05) is 6.07 Å². The van der Waals surface area contributed by atoms with Crippen LogP contribution in [0.3, 0.4) is 0 Å². The Kier molecular flexibility index (Phi) is 2.89. The standard InChI is InChI=1S/C11H13FN2O2/c1-16-5-4-14-9-6-7(12)2-3-8(9)10(13)11(14)15/h2-3,6,10H,4-5,13H2,1H3. The summed E-state index contributed by atoms with van der Waals surface area (Å²) in [5.41, 5.74) is 6.97. The van der Waals surface area contributed by atoms with Crippen LogP contribution in [0.4, 0.5) is 10.1 Å². The number of nitrogens with two attached hydrogens (primary N) is 1. The fraction of sp³-hybridized carbons (Fsp3) is 0.364. The number of methoxy groups -OCH3 is 1. The van der Waals surface area contributed by atoms with Gasteiger partial charge >= 0.3 is 0 Å².